The minimum Gasteiger partial charge on any atom is -0.493 e. The number of pyridine rings is 2. The number of aryl methyl sites for hydroxylation is 3. The average molecular weight is 1720 g/mol. The van der Waals surface area contributed by atoms with E-state index in [1.807, 2.05) is 91.8 Å². The van der Waals surface area contributed by atoms with Crippen LogP contribution in [0.1, 0.15) is 158 Å². The molecule has 0 aliphatic carbocycles. The van der Waals surface area contributed by atoms with E-state index in [0.29, 0.717) is 79.2 Å². The van der Waals surface area contributed by atoms with Crippen molar-refractivity contribution in [2.45, 2.75) is 171 Å². The van der Waals surface area contributed by atoms with Crippen molar-refractivity contribution in [2.75, 3.05) is 33.0 Å². The fourth-order valence-corrected chi connectivity index (χ4v) is 15.1. The quantitative estimate of drug-likeness (QED) is 0.0195. The third-order valence-corrected chi connectivity index (χ3v) is 20.6. The molecule has 29 heteroatoms. The normalized spacial score (nSPS) is 13.5. The maximum atomic E-state index is 15.6. The van der Waals surface area contributed by atoms with Crippen LogP contribution in [-0.2, 0) is 77.0 Å². The molecule has 628 valence electrons. The van der Waals surface area contributed by atoms with Gasteiger partial charge in [-0.05, 0) is 245 Å². The van der Waals surface area contributed by atoms with Gasteiger partial charge in [-0.3, -0.25) is 14.8 Å². The van der Waals surface area contributed by atoms with Crippen molar-refractivity contribution in [3.8, 4) is 39.5 Å². The van der Waals surface area contributed by atoms with Gasteiger partial charge < -0.3 is 42.1 Å². The summed E-state index contributed by atoms with van der Waals surface area (Å²) in [6, 6.07) is 29.5. The molecule has 3 atom stereocenters. The fourth-order valence-electron chi connectivity index (χ4n) is 14.1. The highest BCUT2D eigenvalue weighted by Gasteiger charge is 2.50. The lowest BCUT2D eigenvalue weighted by atomic mass is 9.85. The van der Waals surface area contributed by atoms with E-state index >= 15 is 8.78 Å². The molecule has 2 aromatic heterocycles. The molecule has 0 amide bonds. The zero-order valence-corrected chi connectivity index (χ0v) is 71.2. The van der Waals surface area contributed by atoms with Crippen LogP contribution in [0.2, 0.25) is 15.1 Å². The topological polar surface area (TPSA) is 216 Å². The Balaban J connectivity index is 0.000000176. The lowest BCUT2D eigenvalue weighted by Crippen LogP contribution is -2.31. The van der Waals surface area contributed by atoms with Crippen LogP contribution in [0, 0.1) is 50.6 Å². The van der Waals surface area contributed by atoms with Crippen molar-refractivity contribution in [3.05, 3.63) is 221 Å². The van der Waals surface area contributed by atoms with Gasteiger partial charge in [0.1, 0.15) is 40.6 Å². The number of carbonyl (C=O) groups excluding carboxylic acids is 4. The molecule has 0 saturated heterocycles. The number of Topliss-reactive ketones (excluding diaryl/α,β-unsaturated/α-hetero) is 1. The standard InChI is InChI=1S/C31H29FN2O4.C30H29ClFNO4.C20H21ClF4O6S.C9H8ClFO/c1-7-36-30(35)29(38-31(3,4)5)24-17(2)16-21-19(8-10-22(33-6)27(21)32)26(24)20-9-11-23-25-18(13-15-37-23)12-14-34-28(20)25;1-6-35-29(34)28(37-30(3,4)5)23-16(2)15-20-18(7-9-21(31)26(20)32)25(23)19-8-10-22-24-17(12-14-36-22)11-13-33-27(19)24;1-6-29-18(26)17(30-19(3,4)5)14-10(2)9-12-11(7-8-13(21)15(12)22)16(14)31-32(27,28)20(23,24)25;1-6(12)5-7-3-2-4-8(10)9(7)11/h8-12,14,16,29H,7,13,15H2,1-5H3;7-11,13,15,28H,6,12,14H2,1-5H3;7-9,17H,6H2,1-5H3;2-4H,5H2,1H3/t29-;28-;17-;/m000./s1. The minimum atomic E-state index is -6.18. The van der Waals surface area contributed by atoms with E-state index in [2.05, 4.69) is 9.03 Å². The smallest absolute Gasteiger partial charge is 0.493 e. The monoisotopic (exact) mass is 1720 g/mol. The maximum absolute atomic E-state index is 15.6. The summed E-state index contributed by atoms with van der Waals surface area (Å²) in [6.07, 6.45) is 1.38. The highest BCUT2D eigenvalue weighted by molar-refractivity contribution is 7.88. The lowest BCUT2D eigenvalue weighted by Gasteiger charge is -2.30. The number of fused-ring (bicyclic) bond motifs is 3. The van der Waals surface area contributed by atoms with Crippen molar-refractivity contribution >= 4 is 128 Å². The lowest BCUT2D eigenvalue weighted by molar-refractivity contribution is -0.167. The number of hydrogen-bond donors (Lipinski definition) is 0. The Morgan fingerprint density at radius 3 is 1.30 bits per heavy atom. The molecule has 0 spiro atoms. The molecule has 0 N–H and O–H groups in total. The molecule has 0 fully saturated rings. The van der Waals surface area contributed by atoms with E-state index in [1.165, 1.54) is 45.0 Å². The number of halogens is 10. The van der Waals surface area contributed by atoms with Crippen LogP contribution >= 0.6 is 34.8 Å². The molecular weight excluding hydrogens is 1630 g/mol. The third kappa shape index (κ3) is 20.1. The summed E-state index contributed by atoms with van der Waals surface area (Å²) in [5, 5.41) is 2.73. The number of ether oxygens (including phenoxy) is 8. The molecule has 4 heterocycles. The van der Waals surface area contributed by atoms with Crippen LogP contribution in [0.3, 0.4) is 0 Å². The Morgan fingerprint density at radius 1 is 0.513 bits per heavy atom. The van der Waals surface area contributed by atoms with E-state index in [-0.39, 0.29) is 74.7 Å². The summed E-state index contributed by atoms with van der Waals surface area (Å²) in [5.74, 6) is -4.11. The van der Waals surface area contributed by atoms with Gasteiger partial charge in [0, 0.05) is 91.8 Å². The van der Waals surface area contributed by atoms with Crippen molar-refractivity contribution in [1.82, 2.24) is 9.97 Å². The number of esters is 3. The molecule has 0 unspecified atom stereocenters. The second-order valence-electron chi connectivity index (χ2n) is 30.9. The largest absolute Gasteiger partial charge is 0.534 e. The Morgan fingerprint density at radius 2 is 0.899 bits per heavy atom. The molecule has 13 rings (SSSR count). The summed E-state index contributed by atoms with van der Waals surface area (Å²) < 4.78 is 172. The number of rotatable bonds is 18. The number of alkyl halides is 3. The van der Waals surface area contributed by atoms with Crippen LogP contribution in [0.25, 0.3) is 81.2 Å². The number of hydrogen-bond acceptors (Lipinski definition) is 17. The van der Waals surface area contributed by atoms with E-state index in [0.717, 1.165) is 75.0 Å². The maximum Gasteiger partial charge on any atom is 0.534 e. The van der Waals surface area contributed by atoms with Gasteiger partial charge in [0.25, 0.3) is 0 Å². The van der Waals surface area contributed by atoms with E-state index in [1.54, 1.807) is 83.4 Å². The summed E-state index contributed by atoms with van der Waals surface area (Å²) >= 11 is 17.5. The second kappa shape index (κ2) is 36.8. The van der Waals surface area contributed by atoms with Gasteiger partial charge in [-0.1, -0.05) is 65.1 Å². The molecule has 2 aliphatic heterocycles. The van der Waals surface area contributed by atoms with E-state index in [4.69, 9.17) is 89.2 Å². The predicted molar refractivity (Wildman–Crippen MR) is 444 cm³/mol. The average Bonchev–Trinajstić information content (AvgIpc) is 0.736. The first-order valence-electron chi connectivity index (χ1n) is 37.8. The van der Waals surface area contributed by atoms with Gasteiger partial charge in [-0.25, -0.2) is 36.8 Å². The molecule has 11 aromatic rings. The van der Waals surface area contributed by atoms with Crippen LogP contribution in [0.5, 0.6) is 17.2 Å². The first kappa shape index (κ1) is 91.1. The van der Waals surface area contributed by atoms with Crippen LogP contribution < -0.4 is 13.7 Å². The SMILES string of the molecule is CC(=O)Cc1cccc(Cl)c1F.CCOC(=O)[C@@H](OC(C)(C)C)c1c(C)cc2c(F)c(Cl)ccc2c1-c1ccc2c3c(ccnc13)CCO2.CCOC(=O)[C@@H](OC(C)(C)C)c1c(C)cc2c(F)c(Cl)ccc2c1OS(=O)(=O)C(F)(F)F.[C-]#[N+]c1ccc2c(-c3ccc4c5c(ccnc35)CCO4)c([C@H](OC(C)(C)C)C(=O)OCC)c(C)cc2c1F. The van der Waals surface area contributed by atoms with Crippen LogP contribution in [0.15, 0.2) is 122 Å². The van der Waals surface area contributed by atoms with Crippen molar-refractivity contribution < 1.29 is 100 Å². The number of carbonyl (C=O) groups is 4. The Hall–Kier alpha value is -10.2. The Labute approximate surface area is 699 Å². The fraction of sp³-hybridized carbons (Fsp3) is 0.344. The van der Waals surface area contributed by atoms with Gasteiger partial charge in [0.15, 0.2) is 24.1 Å². The highest BCUT2D eigenvalue weighted by atomic mass is 35.5. The van der Waals surface area contributed by atoms with Crippen molar-refractivity contribution in [2.24, 2.45) is 0 Å². The van der Waals surface area contributed by atoms with Crippen molar-refractivity contribution in [1.29, 1.82) is 0 Å². The first-order valence-corrected chi connectivity index (χ1v) is 40.4. The summed E-state index contributed by atoms with van der Waals surface area (Å²) in [5.41, 5.74) is 0.790. The highest BCUT2D eigenvalue weighted by Crippen LogP contribution is 2.51. The zero-order valence-electron chi connectivity index (χ0n) is 68.1. The van der Waals surface area contributed by atoms with Crippen molar-refractivity contribution in [3.63, 3.8) is 0 Å². The molecule has 0 radical (unpaired) electrons. The van der Waals surface area contributed by atoms with E-state index in [9.17, 15) is 49.5 Å². The van der Waals surface area contributed by atoms with Gasteiger partial charge in [0.2, 0.25) is 5.69 Å². The molecular formula is C90H87Cl3F7N3O15S. The molecule has 2 aliphatic rings. The Bertz CT molecular complexity index is 5960. The molecule has 9 aromatic carbocycles. The van der Waals surface area contributed by atoms with Gasteiger partial charge in [-0.2, -0.15) is 21.6 Å². The number of nitrogens with zero attached hydrogens (tertiary/aromatic N) is 3. The van der Waals surface area contributed by atoms with Gasteiger partial charge in [0.05, 0.1) is 82.5 Å². The third-order valence-electron chi connectivity index (χ3n) is 18.8. The summed E-state index contributed by atoms with van der Waals surface area (Å²) in [4.78, 5) is 62.9. The number of aromatic nitrogens is 2. The molecule has 18 nitrogen and oxygen atoms in total. The minimum absolute atomic E-state index is 0.0216. The molecule has 0 bridgehead atoms. The molecule has 119 heavy (non-hydrogen) atoms. The van der Waals surface area contributed by atoms with Gasteiger partial charge in [-0.15, -0.1) is 0 Å². The second-order valence-corrected chi connectivity index (χ2v) is 33.6. The first-order chi connectivity index (χ1) is 55.8. The number of ketones is 1. The summed E-state index contributed by atoms with van der Waals surface area (Å²) in [6.45, 7) is 36.3. The van der Waals surface area contributed by atoms with Crippen LogP contribution in [-0.4, -0.2) is 97.4 Å². The molecule has 0 saturated carbocycles. The van der Waals surface area contributed by atoms with E-state index < -0.39 is 97.7 Å². The predicted octanol–water partition coefficient (Wildman–Crippen LogP) is 23.1. The zero-order chi connectivity index (χ0) is 87.5. The summed E-state index contributed by atoms with van der Waals surface area (Å²) in [7, 11) is -6.18. The van der Waals surface area contributed by atoms with Gasteiger partial charge >= 0.3 is 33.5 Å². The van der Waals surface area contributed by atoms with Crippen LogP contribution in [0.4, 0.5) is 36.4 Å². The Kier molecular flexibility index (Phi) is 28.1. The number of benzene rings is 9.